The number of amides is 1. The van der Waals surface area contributed by atoms with E-state index in [-0.39, 0.29) is 5.91 Å². The van der Waals surface area contributed by atoms with Crippen LogP contribution in [0.15, 0.2) is 60.9 Å². The van der Waals surface area contributed by atoms with Gasteiger partial charge in [-0.1, -0.05) is 18.2 Å². The maximum atomic E-state index is 12.5. The van der Waals surface area contributed by atoms with Crippen molar-refractivity contribution < 1.29 is 9.53 Å². The van der Waals surface area contributed by atoms with Crippen LogP contribution < -0.4 is 15.4 Å². The first-order chi connectivity index (χ1) is 12.5. The number of aromatic nitrogens is 1. The van der Waals surface area contributed by atoms with E-state index in [1.165, 1.54) is 0 Å². The lowest BCUT2D eigenvalue weighted by molar-refractivity contribution is 0.102. The first-order valence-corrected chi connectivity index (χ1v) is 8.30. The topological polar surface area (TPSA) is 63.2 Å². The summed E-state index contributed by atoms with van der Waals surface area (Å²) in [6.07, 6.45) is 3.22. The third-order valence-corrected chi connectivity index (χ3v) is 3.91. The number of rotatable bonds is 5. The quantitative estimate of drug-likeness (QED) is 0.702. The van der Waals surface area contributed by atoms with Gasteiger partial charge < -0.3 is 15.4 Å². The average molecular weight is 347 g/mol. The van der Waals surface area contributed by atoms with E-state index in [0.29, 0.717) is 11.3 Å². The Morgan fingerprint density at radius 3 is 2.54 bits per heavy atom. The number of benzene rings is 2. The summed E-state index contributed by atoms with van der Waals surface area (Å²) in [6.45, 7) is 3.99. The van der Waals surface area contributed by atoms with Crippen molar-refractivity contribution in [3.8, 4) is 5.75 Å². The van der Waals surface area contributed by atoms with Gasteiger partial charge in [0.15, 0.2) is 0 Å². The Morgan fingerprint density at radius 2 is 1.77 bits per heavy atom. The van der Waals surface area contributed by atoms with Gasteiger partial charge in [0.25, 0.3) is 5.91 Å². The summed E-state index contributed by atoms with van der Waals surface area (Å²) in [4.78, 5) is 16.7. The SMILES string of the molecule is COc1ccc(C)cc1Nc1cncc(C(=O)Nc2cccc(C)c2)c1. The van der Waals surface area contributed by atoms with Crippen molar-refractivity contribution in [1.29, 1.82) is 0 Å². The number of pyridine rings is 1. The number of nitrogens with zero attached hydrogens (tertiary/aromatic N) is 1. The van der Waals surface area contributed by atoms with Gasteiger partial charge in [-0.05, 0) is 55.3 Å². The van der Waals surface area contributed by atoms with Gasteiger partial charge in [-0.25, -0.2) is 0 Å². The Balaban J connectivity index is 1.80. The predicted octanol–water partition coefficient (Wildman–Crippen LogP) is 4.70. The molecular weight excluding hydrogens is 326 g/mol. The van der Waals surface area contributed by atoms with Crippen LogP contribution in [0.3, 0.4) is 0 Å². The predicted molar refractivity (Wildman–Crippen MR) is 104 cm³/mol. The summed E-state index contributed by atoms with van der Waals surface area (Å²) in [7, 11) is 1.62. The lowest BCUT2D eigenvalue weighted by Crippen LogP contribution is -2.12. The molecule has 1 aromatic heterocycles. The molecule has 0 aliphatic rings. The van der Waals surface area contributed by atoms with Gasteiger partial charge in [-0.2, -0.15) is 0 Å². The molecule has 0 saturated carbocycles. The number of carbonyl (C=O) groups is 1. The Hall–Kier alpha value is -3.34. The van der Waals surface area contributed by atoms with Gasteiger partial charge in [-0.3, -0.25) is 9.78 Å². The molecule has 26 heavy (non-hydrogen) atoms. The smallest absolute Gasteiger partial charge is 0.257 e. The molecule has 2 aromatic carbocycles. The highest BCUT2D eigenvalue weighted by Crippen LogP contribution is 2.28. The van der Waals surface area contributed by atoms with Crippen LogP contribution in [0.4, 0.5) is 17.1 Å². The second-order valence-corrected chi connectivity index (χ2v) is 6.11. The first-order valence-electron chi connectivity index (χ1n) is 8.30. The molecule has 0 atom stereocenters. The van der Waals surface area contributed by atoms with Crippen molar-refractivity contribution in [3.63, 3.8) is 0 Å². The number of carbonyl (C=O) groups excluding carboxylic acids is 1. The van der Waals surface area contributed by atoms with E-state index in [2.05, 4.69) is 15.6 Å². The van der Waals surface area contributed by atoms with Crippen molar-refractivity contribution in [2.24, 2.45) is 0 Å². The fraction of sp³-hybridized carbons (Fsp3) is 0.143. The van der Waals surface area contributed by atoms with Crippen molar-refractivity contribution in [3.05, 3.63) is 77.6 Å². The summed E-state index contributed by atoms with van der Waals surface area (Å²) in [5, 5.41) is 6.16. The summed E-state index contributed by atoms with van der Waals surface area (Å²) in [5.74, 6) is 0.521. The lowest BCUT2D eigenvalue weighted by Gasteiger charge is -2.12. The summed E-state index contributed by atoms with van der Waals surface area (Å²) >= 11 is 0. The van der Waals surface area contributed by atoms with Crippen molar-refractivity contribution in [1.82, 2.24) is 4.98 Å². The number of hydrogen-bond acceptors (Lipinski definition) is 4. The molecule has 0 radical (unpaired) electrons. The second-order valence-electron chi connectivity index (χ2n) is 6.11. The number of aryl methyl sites for hydroxylation is 2. The molecule has 0 aliphatic heterocycles. The van der Waals surface area contributed by atoms with E-state index in [1.807, 2.05) is 56.3 Å². The first kappa shape index (κ1) is 17.5. The largest absolute Gasteiger partial charge is 0.495 e. The highest BCUT2D eigenvalue weighted by atomic mass is 16.5. The number of methoxy groups -OCH3 is 1. The Kier molecular flexibility index (Phi) is 5.17. The fourth-order valence-corrected chi connectivity index (χ4v) is 2.63. The van der Waals surface area contributed by atoms with Crippen LogP contribution in [0.5, 0.6) is 5.75 Å². The number of ether oxygens (including phenoxy) is 1. The molecule has 0 spiro atoms. The van der Waals surface area contributed by atoms with Gasteiger partial charge in [0.2, 0.25) is 0 Å². The molecule has 0 fully saturated rings. The second kappa shape index (κ2) is 7.70. The van der Waals surface area contributed by atoms with Crippen molar-refractivity contribution in [2.45, 2.75) is 13.8 Å². The van der Waals surface area contributed by atoms with Crippen LogP contribution in [0.25, 0.3) is 0 Å². The molecule has 2 N–H and O–H groups in total. The maximum Gasteiger partial charge on any atom is 0.257 e. The van der Waals surface area contributed by atoms with Crippen molar-refractivity contribution >= 4 is 23.0 Å². The zero-order valence-electron chi connectivity index (χ0n) is 15.0. The Morgan fingerprint density at radius 1 is 0.962 bits per heavy atom. The van der Waals surface area contributed by atoms with Crippen molar-refractivity contribution in [2.75, 3.05) is 17.7 Å². The van der Waals surface area contributed by atoms with E-state index >= 15 is 0 Å². The van der Waals surface area contributed by atoms with Crippen LogP contribution in [0.1, 0.15) is 21.5 Å². The van der Waals surface area contributed by atoms with Crippen LogP contribution in [-0.2, 0) is 0 Å². The van der Waals surface area contributed by atoms with Crippen LogP contribution >= 0.6 is 0 Å². The molecule has 5 nitrogen and oxygen atoms in total. The third-order valence-electron chi connectivity index (χ3n) is 3.91. The molecule has 0 unspecified atom stereocenters. The van der Waals surface area contributed by atoms with Gasteiger partial charge >= 0.3 is 0 Å². The lowest BCUT2D eigenvalue weighted by atomic mass is 10.2. The molecule has 0 saturated heterocycles. The van der Waals surface area contributed by atoms with Crippen LogP contribution in [-0.4, -0.2) is 18.0 Å². The van der Waals surface area contributed by atoms with Gasteiger partial charge in [0.1, 0.15) is 5.75 Å². The Bertz CT molecular complexity index is 938. The molecule has 1 heterocycles. The minimum absolute atomic E-state index is 0.206. The molecule has 1 amide bonds. The van der Waals surface area contributed by atoms with Crippen LogP contribution in [0.2, 0.25) is 0 Å². The zero-order valence-corrected chi connectivity index (χ0v) is 15.0. The normalized spacial score (nSPS) is 10.3. The van der Waals surface area contributed by atoms with E-state index in [1.54, 1.807) is 25.6 Å². The minimum atomic E-state index is -0.206. The number of hydrogen-bond donors (Lipinski definition) is 2. The van der Waals surface area contributed by atoms with E-state index in [9.17, 15) is 4.79 Å². The highest BCUT2D eigenvalue weighted by Gasteiger charge is 2.09. The summed E-state index contributed by atoms with van der Waals surface area (Å²) < 4.78 is 5.38. The molecule has 0 aliphatic carbocycles. The third kappa shape index (κ3) is 4.19. The zero-order chi connectivity index (χ0) is 18.5. The summed E-state index contributed by atoms with van der Waals surface area (Å²) in [6, 6.07) is 15.3. The van der Waals surface area contributed by atoms with Gasteiger partial charge in [0, 0.05) is 11.9 Å². The average Bonchev–Trinajstić information content (AvgIpc) is 2.62. The van der Waals surface area contributed by atoms with E-state index < -0.39 is 0 Å². The number of anilines is 3. The standard InChI is InChI=1S/C21H21N3O2/c1-14-5-4-6-17(9-14)24-21(25)16-11-18(13-22-12-16)23-19-10-15(2)7-8-20(19)26-3/h4-13,23H,1-3H3,(H,24,25). The monoisotopic (exact) mass is 347 g/mol. The highest BCUT2D eigenvalue weighted by molar-refractivity contribution is 6.04. The molecule has 5 heteroatoms. The molecule has 0 bridgehead atoms. The van der Waals surface area contributed by atoms with Gasteiger partial charge in [0.05, 0.1) is 30.2 Å². The van der Waals surface area contributed by atoms with Crippen LogP contribution in [0, 0.1) is 13.8 Å². The summed E-state index contributed by atoms with van der Waals surface area (Å²) in [5.41, 5.74) is 4.96. The fourth-order valence-electron chi connectivity index (χ4n) is 2.63. The van der Waals surface area contributed by atoms with E-state index in [0.717, 1.165) is 28.3 Å². The minimum Gasteiger partial charge on any atom is -0.495 e. The van der Waals surface area contributed by atoms with E-state index in [4.69, 9.17) is 4.74 Å². The maximum absolute atomic E-state index is 12.5. The Labute approximate surface area is 153 Å². The molecule has 3 aromatic rings. The molecule has 132 valence electrons. The molecule has 3 rings (SSSR count). The number of nitrogens with one attached hydrogen (secondary N) is 2. The molecular formula is C21H21N3O2. The van der Waals surface area contributed by atoms with Gasteiger partial charge in [-0.15, -0.1) is 0 Å².